The largest absolute Gasteiger partial charge is 0.444 e. The number of carbonyl (C=O) groups excluding carboxylic acids is 1. The van der Waals surface area contributed by atoms with Gasteiger partial charge in [0.1, 0.15) is 5.60 Å². The monoisotopic (exact) mass is 370 g/mol. The topological polar surface area (TPSA) is 77.3 Å². The lowest BCUT2D eigenvalue weighted by molar-refractivity contribution is 0.0183. The van der Waals surface area contributed by atoms with Crippen LogP contribution in [0.2, 0.25) is 0 Å². The lowest BCUT2D eigenvalue weighted by atomic mass is 10.0. The second-order valence-corrected chi connectivity index (χ2v) is 7.89. The molecule has 0 bridgehead atoms. The zero-order valence-corrected chi connectivity index (χ0v) is 16.3. The number of likely N-dealkylation sites (tertiary alicyclic amines) is 1. The van der Waals surface area contributed by atoms with Crippen LogP contribution in [-0.2, 0) is 4.74 Å². The van der Waals surface area contributed by atoms with Gasteiger partial charge in [0.25, 0.3) is 5.56 Å². The summed E-state index contributed by atoms with van der Waals surface area (Å²) in [6.45, 7) is 8.55. The molecule has 1 saturated heterocycles. The van der Waals surface area contributed by atoms with E-state index in [9.17, 15) is 9.59 Å². The Bertz CT molecular complexity index is 863. The second-order valence-electron chi connectivity index (χ2n) is 7.89. The minimum absolute atomic E-state index is 0.0302. The lowest BCUT2D eigenvalue weighted by Gasteiger charge is -2.33. The molecule has 0 atom stereocenters. The highest BCUT2D eigenvalue weighted by atomic mass is 16.6. The Morgan fingerprint density at radius 2 is 1.81 bits per heavy atom. The van der Waals surface area contributed by atoms with Crippen molar-refractivity contribution in [1.82, 2.24) is 19.7 Å². The van der Waals surface area contributed by atoms with Crippen LogP contribution >= 0.6 is 0 Å². The summed E-state index contributed by atoms with van der Waals surface area (Å²) >= 11 is 0. The van der Waals surface area contributed by atoms with Crippen molar-refractivity contribution >= 4 is 6.09 Å². The molecule has 27 heavy (non-hydrogen) atoms. The molecule has 7 heteroatoms. The van der Waals surface area contributed by atoms with E-state index in [1.165, 1.54) is 0 Å². The Balaban J connectivity index is 1.77. The molecular weight excluding hydrogens is 344 g/mol. The van der Waals surface area contributed by atoms with Crippen molar-refractivity contribution in [1.29, 1.82) is 0 Å². The first kappa shape index (κ1) is 19.1. The fourth-order valence-corrected chi connectivity index (χ4v) is 3.23. The third-order valence-electron chi connectivity index (χ3n) is 4.56. The molecule has 1 amide bonds. The third kappa shape index (κ3) is 4.53. The van der Waals surface area contributed by atoms with Gasteiger partial charge in [0.15, 0.2) is 0 Å². The van der Waals surface area contributed by atoms with Gasteiger partial charge in [-0.3, -0.25) is 9.78 Å². The van der Waals surface area contributed by atoms with Gasteiger partial charge in [-0.2, -0.15) is 5.10 Å². The van der Waals surface area contributed by atoms with Gasteiger partial charge < -0.3 is 9.64 Å². The van der Waals surface area contributed by atoms with E-state index in [-0.39, 0.29) is 17.7 Å². The highest BCUT2D eigenvalue weighted by molar-refractivity contribution is 5.68. The van der Waals surface area contributed by atoms with E-state index in [0.29, 0.717) is 25.9 Å². The molecule has 0 aliphatic carbocycles. The van der Waals surface area contributed by atoms with E-state index in [0.717, 1.165) is 16.8 Å². The number of aryl methyl sites for hydroxylation is 1. The number of rotatable bonds is 2. The van der Waals surface area contributed by atoms with Crippen molar-refractivity contribution in [2.45, 2.75) is 52.2 Å². The number of pyridine rings is 1. The van der Waals surface area contributed by atoms with Crippen LogP contribution in [0.25, 0.3) is 11.3 Å². The summed E-state index contributed by atoms with van der Waals surface area (Å²) in [5.41, 5.74) is 1.94. The Kier molecular flexibility index (Phi) is 5.30. The number of hydrogen-bond acceptors (Lipinski definition) is 5. The summed E-state index contributed by atoms with van der Waals surface area (Å²) in [5, 5.41) is 4.64. The van der Waals surface area contributed by atoms with Crippen LogP contribution < -0.4 is 5.56 Å². The van der Waals surface area contributed by atoms with Gasteiger partial charge in [-0.1, -0.05) is 0 Å². The van der Waals surface area contributed by atoms with Crippen molar-refractivity contribution < 1.29 is 9.53 Å². The van der Waals surface area contributed by atoms with Crippen LogP contribution in [0.3, 0.4) is 0 Å². The molecule has 0 aromatic carbocycles. The van der Waals surface area contributed by atoms with E-state index in [4.69, 9.17) is 4.74 Å². The molecule has 2 aromatic heterocycles. The zero-order valence-electron chi connectivity index (χ0n) is 16.3. The molecule has 144 valence electrons. The zero-order chi connectivity index (χ0) is 19.6. The predicted octanol–water partition coefficient (Wildman–Crippen LogP) is 3.19. The molecule has 1 fully saturated rings. The average Bonchev–Trinajstić information content (AvgIpc) is 2.61. The maximum absolute atomic E-state index is 12.5. The smallest absolute Gasteiger partial charge is 0.410 e. The summed E-state index contributed by atoms with van der Waals surface area (Å²) in [5.74, 6) is 0. The molecule has 3 rings (SSSR count). The van der Waals surface area contributed by atoms with Crippen molar-refractivity contribution in [2.24, 2.45) is 0 Å². The quantitative estimate of drug-likeness (QED) is 0.811. The van der Waals surface area contributed by atoms with Crippen LogP contribution in [0.1, 0.15) is 45.2 Å². The molecule has 0 radical (unpaired) electrons. The summed E-state index contributed by atoms with van der Waals surface area (Å²) < 4.78 is 7.00. The number of amides is 1. The Hall–Kier alpha value is -2.70. The Morgan fingerprint density at radius 3 is 2.41 bits per heavy atom. The average molecular weight is 370 g/mol. The number of ether oxygens (including phenoxy) is 1. The number of aromatic nitrogens is 3. The molecule has 0 unspecified atom stereocenters. The Labute approximate surface area is 159 Å². The minimum Gasteiger partial charge on any atom is -0.444 e. The van der Waals surface area contributed by atoms with Gasteiger partial charge in [-0.15, -0.1) is 0 Å². The molecule has 1 aliphatic rings. The van der Waals surface area contributed by atoms with Gasteiger partial charge >= 0.3 is 6.09 Å². The highest BCUT2D eigenvalue weighted by Gasteiger charge is 2.28. The molecule has 1 aliphatic heterocycles. The maximum atomic E-state index is 12.5. The van der Waals surface area contributed by atoms with Crippen molar-refractivity contribution in [3.8, 4) is 11.3 Å². The normalized spacial score (nSPS) is 15.6. The molecule has 0 saturated carbocycles. The Morgan fingerprint density at radius 1 is 1.19 bits per heavy atom. The molecule has 0 spiro atoms. The van der Waals surface area contributed by atoms with Crippen molar-refractivity contribution in [3.63, 3.8) is 0 Å². The van der Waals surface area contributed by atoms with Crippen LogP contribution in [0.4, 0.5) is 4.79 Å². The predicted molar refractivity (Wildman–Crippen MR) is 103 cm³/mol. The number of hydrogen-bond donors (Lipinski definition) is 0. The SMILES string of the molecule is Cc1cc(=O)n(C2CCN(C(=O)OC(C)(C)C)CC2)nc1-c1ccncc1. The fraction of sp³-hybridized carbons (Fsp3) is 0.500. The standard InChI is InChI=1S/C20H26N4O3/c1-14-13-17(25)24(22-18(14)15-5-9-21-10-6-15)16-7-11-23(12-8-16)19(26)27-20(2,3)4/h5-6,9-10,13,16H,7-8,11-12H2,1-4H3. The van der Waals surface area contributed by atoms with E-state index in [2.05, 4.69) is 10.1 Å². The second kappa shape index (κ2) is 7.50. The summed E-state index contributed by atoms with van der Waals surface area (Å²) in [6.07, 6.45) is 4.47. The molecular formula is C20H26N4O3. The van der Waals surface area contributed by atoms with E-state index in [1.807, 2.05) is 39.8 Å². The van der Waals surface area contributed by atoms with Gasteiger partial charge in [0, 0.05) is 37.1 Å². The summed E-state index contributed by atoms with van der Waals surface area (Å²) in [4.78, 5) is 30.5. The van der Waals surface area contributed by atoms with Crippen molar-refractivity contribution in [2.75, 3.05) is 13.1 Å². The van der Waals surface area contributed by atoms with Crippen molar-refractivity contribution in [3.05, 3.63) is 46.5 Å². The number of carbonyl (C=O) groups is 1. The van der Waals surface area contributed by atoms with Gasteiger partial charge in [0.05, 0.1) is 11.7 Å². The first-order chi connectivity index (χ1) is 12.7. The van der Waals surface area contributed by atoms with E-state index >= 15 is 0 Å². The molecule has 3 heterocycles. The maximum Gasteiger partial charge on any atom is 0.410 e. The lowest BCUT2D eigenvalue weighted by Crippen LogP contribution is -2.43. The van der Waals surface area contributed by atoms with Crippen LogP contribution in [-0.4, -0.2) is 44.4 Å². The molecule has 0 N–H and O–H groups in total. The number of nitrogens with zero attached hydrogens (tertiary/aromatic N) is 4. The van der Waals surface area contributed by atoms with Crippen LogP contribution in [0, 0.1) is 6.92 Å². The van der Waals surface area contributed by atoms with E-state index in [1.54, 1.807) is 28.0 Å². The summed E-state index contributed by atoms with van der Waals surface area (Å²) in [6, 6.07) is 5.37. The number of piperidine rings is 1. The fourth-order valence-electron chi connectivity index (χ4n) is 3.23. The molecule has 2 aromatic rings. The van der Waals surface area contributed by atoms with Gasteiger partial charge in [-0.05, 0) is 58.2 Å². The van der Waals surface area contributed by atoms with Gasteiger partial charge in [-0.25, -0.2) is 9.48 Å². The third-order valence-corrected chi connectivity index (χ3v) is 4.56. The molecule has 7 nitrogen and oxygen atoms in total. The first-order valence-electron chi connectivity index (χ1n) is 9.23. The summed E-state index contributed by atoms with van der Waals surface area (Å²) in [7, 11) is 0. The minimum atomic E-state index is -0.511. The van der Waals surface area contributed by atoms with Gasteiger partial charge in [0.2, 0.25) is 0 Å². The first-order valence-corrected chi connectivity index (χ1v) is 9.23. The van der Waals surface area contributed by atoms with Crippen LogP contribution in [0.5, 0.6) is 0 Å². The van der Waals surface area contributed by atoms with Crippen LogP contribution in [0.15, 0.2) is 35.4 Å². The highest BCUT2D eigenvalue weighted by Crippen LogP contribution is 2.24. The van der Waals surface area contributed by atoms with E-state index < -0.39 is 5.60 Å².